The van der Waals surface area contributed by atoms with E-state index in [1.165, 1.54) is 0 Å². The van der Waals surface area contributed by atoms with Crippen LogP contribution in [0, 0.1) is 0 Å². The number of nitrogens with two attached hydrogens (primary N) is 1. The minimum atomic E-state index is 0.307. The van der Waals surface area contributed by atoms with E-state index in [0.29, 0.717) is 11.1 Å². The summed E-state index contributed by atoms with van der Waals surface area (Å²) in [7, 11) is 0. The van der Waals surface area contributed by atoms with Gasteiger partial charge in [-0.1, -0.05) is 25.2 Å². The molecule has 0 aliphatic carbocycles. The predicted octanol–water partition coefficient (Wildman–Crippen LogP) is 3.48. The molecule has 1 fully saturated rings. The highest BCUT2D eigenvalue weighted by molar-refractivity contribution is 9.10. The fourth-order valence-corrected chi connectivity index (χ4v) is 3.51. The van der Waals surface area contributed by atoms with Gasteiger partial charge in [0.2, 0.25) is 0 Å². The molecule has 20 heavy (non-hydrogen) atoms. The van der Waals surface area contributed by atoms with Gasteiger partial charge in [0.05, 0.1) is 6.10 Å². The molecule has 1 aromatic rings. The summed E-state index contributed by atoms with van der Waals surface area (Å²) in [5, 5.41) is 0. The van der Waals surface area contributed by atoms with Crippen LogP contribution in [0.15, 0.2) is 22.7 Å². The number of nitrogens with zero attached hydrogens (tertiary/aromatic N) is 1. The Kier molecular flexibility index (Phi) is 5.81. The Hall–Kier alpha value is -0.650. The van der Waals surface area contributed by atoms with Crippen LogP contribution in [0.3, 0.4) is 0 Å². The van der Waals surface area contributed by atoms with E-state index >= 15 is 0 Å². The number of anilines is 1. The van der Waals surface area contributed by atoms with Gasteiger partial charge in [-0.25, -0.2) is 0 Å². The van der Waals surface area contributed by atoms with Gasteiger partial charge in [0, 0.05) is 35.4 Å². The zero-order valence-electron chi connectivity index (χ0n) is 11.8. The first-order valence-corrected chi connectivity index (χ1v) is 8.28. The summed E-state index contributed by atoms with van der Waals surface area (Å²) in [5.74, 6) is 0. The van der Waals surface area contributed by atoms with Crippen LogP contribution in [-0.4, -0.2) is 30.8 Å². The van der Waals surface area contributed by atoms with Crippen LogP contribution in [0.2, 0.25) is 0 Å². The normalized spacial score (nSPS) is 19.1. The monoisotopic (exact) mass is 356 g/mol. The molecule has 5 heteroatoms. The van der Waals surface area contributed by atoms with Crippen molar-refractivity contribution in [2.24, 2.45) is 5.73 Å². The molecular weight excluding hydrogens is 336 g/mol. The summed E-state index contributed by atoms with van der Waals surface area (Å²) in [6.07, 6.45) is 3.64. The molecule has 1 aliphatic rings. The van der Waals surface area contributed by atoms with Gasteiger partial charge in [-0.15, -0.1) is 0 Å². The van der Waals surface area contributed by atoms with Gasteiger partial charge in [0.15, 0.2) is 0 Å². The first-order chi connectivity index (χ1) is 9.63. The van der Waals surface area contributed by atoms with Gasteiger partial charge in [-0.05, 0) is 47.3 Å². The molecule has 1 heterocycles. The second-order valence-corrected chi connectivity index (χ2v) is 6.37. The highest BCUT2D eigenvalue weighted by Crippen LogP contribution is 2.30. The summed E-state index contributed by atoms with van der Waals surface area (Å²) in [4.78, 5) is 2.77. The van der Waals surface area contributed by atoms with E-state index in [1.54, 1.807) is 0 Å². The zero-order chi connectivity index (χ0) is 14.5. The summed E-state index contributed by atoms with van der Waals surface area (Å²) in [5.41, 5.74) is 7.92. The van der Waals surface area contributed by atoms with Gasteiger partial charge >= 0.3 is 0 Å². The van der Waals surface area contributed by atoms with Crippen LogP contribution in [-0.2, 0) is 4.74 Å². The van der Waals surface area contributed by atoms with E-state index in [2.05, 4.69) is 33.8 Å². The summed E-state index contributed by atoms with van der Waals surface area (Å²) < 4.78 is 6.85. The van der Waals surface area contributed by atoms with Crippen molar-refractivity contribution in [3.63, 3.8) is 0 Å². The van der Waals surface area contributed by atoms with Crippen molar-refractivity contribution in [1.82, 2.24) is 0 Å². The van der Waals surface area contributed by atoms with E-state index in [-0.39, 0.29) is 0 Å². The number of piperidine rings is 1. The lowest BCUT2D eigenvalue weighted by atomic mass is 10.0. The molecule has 0 saturated carbocycles. The Morgan fingerprint density at radius 3 is 3.05 bits per heavy atom. The SMILES string of the molecule is CCCOC1CCCN(c2cccc(Br)c2C(N)=S)C1. The molecule has 110 valence electrons. The highest BCUT2D eigenvalue weighted by Gasteiger charge is 2.23. The molecule has 1 atom stereocenters. The predicted molar refractivity (Wildman–Crippen MR) is 91.5 cm³/mol. The quantitative estimate of drug-likeness (QED) is 0.819. The average molecular weight is 357 g/mol. The van der Waals surface area contributed by atoms with E-state index < -0.39 is 0 Å². The Labute approximate surface area is 134 Å². The highest BCUT2D eigenvalue weighted by atomic mass is 79.9. The Bertz CT molecular complexity index is 481. The average Bonchev–Trinajstić information content (AvgIpc) is 2.44. The second-order valence-electron chi connectivity index (χ2n) is 5.08. The number of hydrogen-bond acceptors (Lipinski definition) is 3. The lowest BCUT2D eigenvalue weighted by Crippen LogP contribution is -2.40. The number of halogens is 1. The molecule has 1 saturated heterocycles. The molecule has 0 spiro atoms. The lowest BCUT2D eigenvalue weighted by molar-refractivity contribution is 0.0440. The van der Waals surface area contributed by atoms with Crippen LogP contribution in [0.4, 0.5) is 5.69 Å². The number of rotatable bonds is 5. The zero-order valence-corrected chi connectivity index (χ0v) is 14.2. The maximum Gasteiger partial charge on any atom is 0.107 e. The molecule has 1 unspecified atom stereocenters. The van der Waals surface area contributed by atoms with Crippen LogP contribution < -0.4 is 10.6 Å². The number of thiocarbonyl (C=S) groups is 1. The molecule has 0 radical (unpaired) electrons. The van der Waals surface area contributed by atoms with Gasteiger partial charge in [-0.2, -0.15) is 0 Å². The fraction of sp³-hybridized carbons (Fsp3) is 0.533. The molecule has 1 aromatic carbocycles. The van der Waals surface area contributed by atoms with Crippen LogP contribution in [0.25, 0.3) is 0 Å². The minimum absolute atomic E-state index is 0.307. The van der Waals surface area contributed by atoms with Crippen LogP contribution >= 0.6 is 28.1 Å². The van der Waals surface area contributed by atoms with Crippen molar-refractivity contribution in [1.29, 1.82) is 0 Å². The van der Waals surface area contributed by atoms with Crippen molar-refractivity contribution < 1.29 is 4.74 Å². The van der Waals surface area contributed by atoms with Crippen LogP contribution in [0.5, 0.6) is 0 Å². The standard InChI is InChI=1S/C15H21BrN2OS/c1-2-9-19-11-5-4-8-18(10-11)13-7-3-6-12(16)14(13)15(17)20/h3,6-7,11H,2,4-5,8-10H2,1H3,(H2,17,20). The molecule has 2 N–H and O–H groups in total. The molecule has 0 amide bonds. The number of benzene rings is 1. The molecule has 1 aliphatic heterocycles. The van der Waals surface area contributed by atoms with Crippen molar-refractivity contribution in [2.75, 3.05) is 24.6 Å². The van der Waals surface area contributed by atoms with Crippen molar-refractivity contribution in [3.8, 4) is 0 Å². The Morgan fingerprint density at radius 1 is 1.55 bits per heavy atom. The van der Waals surface area contributed by atoms with E-state index in [1.807, 2.05) is 12.1 Å². The summed E-state index contributed by atoms with van der Waals surface area (Å²) >= 11 is 8.74. The van der Waals surface area contributed by atoms with E-state index in [0.717, 1.165) is 54.7 Å². The molecule has 0 bridgehead atoms. The van der Waals surface area contributed by atoms with Gasteiger partial charge < -0.3 is 15.4 Å². The summed E-state index contributed by atoms with van der Waals surface area (Å²) in [6.45, 7) is 4.91. The Morgan fingerprint density at radius 2 is 2.35 bits per heavy atom. The third kappa shape index (κ3) is 3.71. The topological polar surface area (TPSA) is 38.5 Å². The number of hydrogen-bond donors (Lipinski definition) is 1. The maximum absolute atomic E-state index is 5.90. The third-order valence-corrected chi connectivity index (χ3v) is 4.38. The van der Waals surface area contributed by atoms with Gasteiger partial charge in [0.25, 0.3) is 0 Å². The van der Waals surface area contributed by atoms with Crippen molar-refractivity contribution in [3.05, 3.63) is 28.2 Å². The smallest absolute Gasteiger partial charge is 0.107 e. The van der Waals surface area contributed by atoms with Crippen LogP contribution in [0.1, 0.15) is 31.7 Å². The van der Waals surface area contributed by atoms with E-state index in [4.69, 9.17) is 22.7 Å². The first kappa shape index (κ1) is 15.7. The first-order valence-electron chi connectivity index (χ1n) is 7.08. The Balaban J connectivity index is 2.18. The molecule has 3 nitrogen and oxygen atoms in total. The van der Waals surface area contributed by atoms with E-state index in [9.17, 15) is 0 Å². The second kappa shape index (κ2) is 7.38. The summed E-state index contributed by atoms with van der Waals surface area (Å²) in [6, 6.07) is 6.09. The molecule has 0 aromatic heterocycles. The largest absolute Gasteiger partial charge is 0.389 e. The molecular formula is C15H21BrN2OS. The number of ether oxygens (including phenoxy) is 1. The maximum atomic E-state index is 5.90. The van der Waals surface area contributed by atoms with Gasteiger partial charge in [-0.3, -0.25) is 0 Å². The lowest BCUT2D eigenvalue weighted by Gasteiger charge is -2.35. The fourth-order valence-electron chi connectivity index (χ4n) is 2.60. The molecule has 2 rings (SSSR count). The third-order valence-electron chi connectivity index (χ3n) is 3.51. The van der Waals surface area contributed by atoms with Crippen molar-refractivity contribution in [2.45, 2.75) is 32.3 Å². The van der Waals surface area contributed by atoms with Gasteiger partial charge in [0.1, 0.15) is 4.99 Å². The van der Waals surface area contributed by atoms with Crippen molar-refractivity contribution >= 4 is 38.8 Å². The minimum Gasteiger partial charge on any atom is -0.389 e.